The van der Waals surface area contributed by atoms with Crippen molar-refractivity contribution in [2.24, 2.45) is 0 Å². The predicted molar refractivity (Wildman–Crippen MR) is 134 cm³/mol. The second-order valence-corrected chi connectivity index (χ2v) is 9.42. The van der Waals surface area contributed by atoms with E-state index in [4.69, 9.17) is 4.74 Å². The molecule has 0 aliphatic carbocycles. The summed E-state index contributed by atoms with van der Waals surface area (Å²) in [5.41, 5.74) is 2.23. The first-order chi connectivity index (χ1) is 17.0. The fourth-order valence-corrected chi connectivity index (χ4v) is 3.70. The summed E-state index contributed by atoms with van der Waals surface area (Å²) in [4.78, 5) is 28.7. The van der Waals surface area contributed by atoms with Gasteiger partial charge >= 0.3 is 5.97 Å². The molecule has 36 heavy (non-hydrogen) atoms. The Bertz CT molecular complexity index is 1460. The molecule has 186 valence electrons. The number of nitrogens with zero attached hydrogens (tertiary/aromatic N) is 3. The second-order valence-electron chi connectivity index (χ2n) is 9.42. The van der Waals surface area contributed by atoms with Crippen molar-refractivity contribution in [1.82, 2.24) is 14.8 Å². The monoisotopic (exact) mass is 490 g/mol. The number of rotatable bonds is 6. The molecule has 0 unspecified atom stereocenters. The van der Waals surface area contributed by atoms with Gasteiger partial charge in [-0.1, -0.05) is 12.1 Å². The van der Waals surface area contributed by atoms with Gasteiger partial charge in [0.2, 0.25) is 5.91 Å². The van der Waals surface area contributed by atoms with Gasteiger partial charge in [-0.05, 0) is 57.0 Å². The van der Waals surface area contributed by atoms with Gasteiger partial charge in [0.05, 0.1) is 42.0 Å². The van der Waals surface area contributed by atoms with Crippen molar-refractivity contribution in [3.8, 4) is 11.5 Å². The molecule has 2 aromatic carbocycles. The topological polar surface area (TPSA) is 95.3 Å². The van der Waals surface area contributed by atoms with Gasteiger partial charge in [0, 0.05) is 23.8 Å². The van der Waals surface area contributed by atoms with Gasteiger partial charge in [0.15, 0.2) is 0 Å². The van der Waals surface area contributed by atoms with Crippen LogP contribution in [0, 0.1) is 12.7 Å². The van der Waals surface area contributed by atoms with Crippen LogP contribution in [0.4, 0.5) is 10.1 Å². The third kappa shape index (κ3) is 5.35. The first kappa shape index (κ1) is 24.8. The van der Waals surface area contributed by atoms with Crippen molar-refractivity contribution >= 4 is 28.5 Å². The minimum absolute atomic E-state index is 0.158. The summed E-state index contributed by atoms with van der Waals surface area (Å²) in [7, 11) is 1.19. The van der Waals surface area contributed by atoms with Crippen LogP contribution in [0.25, 0.3) is 10.9 Å². The van der Waals surface area contributed by atoms with E-state index < -0.39 is 11.8 Å². The third-order valence-corrected chi connectivity index (χ3v) is 5.57. The molecule has 1 N–H and O–H groups in total. The van der Waals surface area contributed by atoms with Gasteiger partial charge in [-0.2, -0.15) is 5.10 Å². The smallest absolute Gasteiger partial charge is 0.340 e. The van der Waals surface area contributed by atoms with Crippen LogP contribution in [0.15, 0.2) is 55.0 Å². The molecule has 2 aromatic heterocycles. The number of aromatic nitrogens is 3. The van der Waals surface area contributed by atoms with Gasteiger partial charge in [0.1, 0.15) is 17.3 Å². The fraction of sp³-hybridized carbons (Fsp3) is 0.259. The zero-order chi connectivity index (χ0) is 26.0. The lowest BCUT2D eigenvalue weighted by Crippen LogP contribution is -2.22. The minimum Gasteiger partial charge on any atom is -0.465 e. The quantitative estimate of drug-likeness (QED) is 0.364. The van der Waals surface area contributed by atoms with E-state index >= 15 is 0 Å². The van der Waals surface area contributed by atoms with Gasteiger partial charge in [-0.15, -0.1) is 0 Å². The Labute approximate surface area is 208 Å². The van der Waals surface area contributed by atoms with Crippen molar-refractivity contribution < 1.29 is 23.5 Å². The van der Waals surface area contributed by atoms with E-state index in [1.165, 1.54) is 25.4 Å². The number of anilines is 1. The van der Waals surface area contributed by atoms with E-state index in [0.717, 1.165) is 11.1 Å². The standard InChI is InChI=1S/C27H27FN4O4/c1-16-10-17(11-25(33)31-18-14-30-32(15-18)27(2,3)4)6-7-23(16)36-24-8-9-29-22-13-21(28)19(12-20(22)24)26(34)35-5/h6-10,12-15H,11H2,1-5H3,(H,31,33). The number of carbonyl (C=O) groups excluding carboxylic acids is 2. The summed E-state index contributed by atoms with van der Waals surface area (Å²) < 4.78 is 26.9. The molecule has 0 bridgehead atoms. The molecule has 0 saturated carbocycles. The molecule has 0 aliphatic heterocycles. The fourth-order valence-electron chi connectivity index (χ4n) is 3.70. The summed E-state index contributed by atoms with van der Waals surface area (Å²) in [5.74, 6) is -0.692. The molecule has 9 heteroatoms. The average Bonchev–Trinajstić information content (AvgIpc) is 3.29. The van der Waals surface area contributed by atoms with E-state index in [2.05, 4.69) is 20.1 Å². The van der Waals surface area contributed by atoms with Crippen LogP contribution in [-0.2, 0) is 21.5 Å². The Balaban J connectivity index is 1.51. The number of hydrogen-bond acceptors (Lipinski definition) is 6. The first-order valence-electron chi connectivity index (χ1n) is 11.3. The van der Waals surface area contributed by atoms with Crippen molar-refractivity contribution in [2.45, 2.75) is 39.7 Å². The Morgan fingerprint density at radius 3 is 2.56 bits per heavy atom. The number of amides is 1. The molecule has 0 saturated heterocycles. The summed E-state index contributed by atoms with van der Waals surface area (Å²) in [6, 6.07) is 9.63. The summed E-state index contributed by atoms with van der Waals surface area (Å²) in [6.07, 6.45) is 5.12. The van der Waals surface area contributed by atoms with Crippen molar-refractivity contribution in [2.75, 3.05) is 12.4 Å². The third-order valence-electron chi connectivity index (χ3n) is 5.57. The van der Waals surface area contributed by atoms with Crippen LogP contribution in [0.1, 0.15) is 42.3 Å². The van der Waals surface area contributed by atoms with Crippen molar-refractivity contribution in [3.63, 3.8) is 0 Å². The van der Waals surface area contributed by atoms with E-state index in [1.807, 2.05) is 39.8 Å². The Morgan fingerprint density at radius 2 is 1.89 bits per heavy atom. The number of esters is 1. The number of hydrogen-bond donors (Lipinski definition) is 1. The van der Waals surface area contributed by atoms with Crippen molar-refractivity contribution in [3.05, 3.63) is 77.5 Å². The molecule has 1 amide bonds. The van der Waals surface area contributed by atoms with E-state index in [9.17, 15) is 14.0 Å². The maximum atomic E-state index is 14.3. The van der Waals surface area contributed by atoms with Crippen LogP contribution >= 0.6 is 0 Å². The number of benzene rings is 2. The predicted octanol–water partition coefficient (Wildman–Crippen LogP) is 5.39. The van der Waals surface area contributed by atoms with Gasteiger partial charge < -0.3 is 14.8 Å². The van der Waals surface area contributed by atoms with Gasteiger partial charge in [-0.25, -0.2) is 9.18 Å². The van der Waals surface area contributed by atoms with Crippen molar-refractivity contribution in [1.29, 1.82) is 0 Å². The molecule has 4 aromatic rings. The molecule has 0 aliphatic rings. The molecular formula is C27H27FN4O4. The van der Waals surface area contributed by atoms with Crippen LogP contribution in [0.5, 0.6) is 11.5 Å². The maximum absolute atomic E-state index is 14.3. The number of methoxy groups -OCH3 is 1. The van der Waals surface area contributed by atoms with Gasteiger partial charge in [-0.3, -0.25) is 14.5 Å². The maximum Gasteiger partial charge on any atom is 0.340 e. The molecular weight excluding hydrogens is 463 g/mol. The second kappa shape index (κ2) is 9.77. The number of halogens is 1. The normalized spacial score (nSPS) is 11.4. The minimum atomic E-state index is -0.784. The lowest BCUT2D eigenvalue weighted by atomic mass is 10.1. The molecule has 8 nitrogen and oxygen atoms in total. The highest BCUT2D eigenvalue weighted by Crippen LogP contribution is 2.32. The molecule has 0 fully saturated rings. The van der Waals surface area contributed by atoms with Crippen LogP contribution < -0.4 is 10.1 Å². The molecule has 0 radical (unpaired) electrons. The highest BCUT2D eigenvalue weighted by atomic mass is 19.1. The first-order valence-corrected chi connectivity index (χ1v) is 11.3. The lowest BCUT2D eigenvalue weighted by molar-refractivity contribution is -0.115. The molecule has 4 rings (SSSR count). The number of pyridine rings is 1. The zero-order valence-electron chi connectivity index (χ0n) is 20.8. The van der Waals surface area contributed by atoms with Crippen LogP contribution in [-0.4, -0.2) is 33.8 Å². The number of ether oxygens (including phenoxy) is 2. The largest absolute Gasteiger partial charge is 0.465 e. The summed E-state index contributed by atoms with van der Waals surface area (Å²) in [6.45, 7) is 7.96. The number of nitrogens with one attached hydrogen (secondary N) is 1. The number of carbonyl (C=O) groups is 2. The van der Waals surface area contributed by atoms with Crippen LogP contribution in [0.2, 0.25) is 0 Å². The summed E-state index contributed by atoms with van der Waals surface area (Å²) >= 11 is 0. The van der Waals surface area contributed by atoms with E-state index in [1.54, 1.807) is 29.2 Å². The lowest BCUT2D eigenvalue weighted by Gasteiger charge is -2.18. The highest BCUT2D eigenvalue weighted by Gasteiger charge is 2.17. The Morgan fingerprint density at radius 1 is 1.11 bits per heavy atom. The Kier molecular flexibility index (Phi) is 6.74. The van der Waals surface area contributed by atoms with E-state index in [-0.39, 0.29) is 23.4 Å². The molecule has 2 heterocycles. The van der Waals surface area contributed by atoms with E-state index in [0.29, 0.717) is 28.1 Å². The SMILES string of the molecule is COC(=O)c1cc2c(Oc3ccc(CC(=O)Nc4cnn(C(C)(C)C)c4)cc3C)ccnc2cc1F. The zero-order valence-corrected chi connectivity index (χ0v) is 20.8. The number of fused-ring (bicyclic) bond motifs is 1. The highest BCUT2D eigenvalue weighted by molar-refractivity contribution is 5.96. The Hall–Kier alpha value is -4.27. The summed E-state index contributed by atoms with van der Waals surface area (Å²) in [5, 5.41) is 7.64. The molecule has 0 spiro atoms. The number of aryl methyl sites for hydroxylation is 1. The molecule has 0 atom stereocenters. The van der Waals surface area contributed by atoms with Gasteiger partial charge in [0.25, 0.3) is 0 Å². The van der Waals surface area contributed by atoms with Crippen LogP contribution in [0.3, 0.4) is 0 Å². The average molecular weight is 491 g/mol.